The van der Waals surface area contributed by atoms with Gasteiger partial charge < -0.3 is 15.7 Å². The fourth-order valence-electron chi connectivity index (χ4n) is 3.20. The van der Waals surface area contributed by atoms with Gasteiger partial charge in [-0.25, -0.2) is 0 Å². The number of hydrogen-bond donors (Lipinski definition) is 2. The van der Waals surface area contributed by atoms with Crippen molar-refractivity contribution in [1.29, 1.82) is 0 Å². The van der Waals surface area contributed by atoms with Crippen molar-refractivity contribution < 1.29 is 9.90 Å². The highest BCUT2D eigenvalue weighted by Crippen LogP contribution is 2.31. The Morgan fingerprint density at radius 3 is 2.30 bits per heavy atom. The number of nitrogens with zero attached hydrogens (tertiary/aromatic N) is 1. The average molecular weight is 310 g/mol. The highest BCUT2D eigenvalue weighted by atomic mass is 16.3. The quantitative estimate of drug-likeness (QED) is 0.857. The summed E-state index contributed by atoms with van der Waals surface area (Å²) >= 11 is 0. The first-order chi connectivity index (χ1) is 11.2. The molecule has 0 saturated carbocycles. The van der Waals surface area contributed by atoms with Crippen LogP contribution in [0.2, 0.25) is 0 Å². The molecule has 0 bridgehead atoms. The van der Waals surface area contributed by atoms with Crippen LogP contribution in [0.15, 0.2) is 54.6 Å². The fourth-order valence-corrected chi connectivity index (χ4v) is 3.20. The summed E-state index contributed by atoms with van der Waals surface area (Å²) in [6, 6.07) is 16.9. The van der Waals surface area contributed by atoms with Gasteiger partial charge in [-0.1, -0.05) is 42.5 Å². The number of para-hydroxylation sites is 1. The molecular weight excluding hydrogens is 288 g/mol. The van der Waals surface area contributed by atoms with E-state index in [9.17, 15) is 9.90 Å². The Hall–Kier alpha value is -2.33. The number of carbonyl (C=O) groups is 1. The summed E-state index contributed by atoms with van der Waals surface area (Å²) in [7, 11) is 0. The van der Waals surface area contributed by atoms with Crippen LogP contribution >= 0.6 is 0 Å². The Labute approximate surface area is 136 Å². The van der Waals surface area contributed by atoms with E-state index in [1.54, 1.807) is 12.1 Å². The standard InChI is InChI=1S/C19H22N2O2/c20-17-9-5-4-8-16(17)19(23)21-12-10-15(11-13-21)18(22)14-6-2-1-3-7-14/h1-9,15,18,22H,10-13,20H2. The number of amides is 1. The van der Waals surface area contributed by atoms with Crippen LogP contribution in [0.25, 0.3) is 0 Å². The van der Waals surface area contributed by atoms with Crippen molar-refractivity contribution >= 4 is 11.6 Å². The Kier molecular flexibility index (Phi) is 4.63. The SMILES string of the molecule is Nc1ccccc1C(=O)N1CCC(C(O)c2ccccc2)CC1. The van der Waals surface area contributed by atoms with E-state index in [4.69, 9.17) is 5.73 Å². The largest absolute Gasteiger partial charge is 0.398 e. The number of aliphatic hydroxyl groups is 1. The number of carbonyl (C=O) groups excluding carboxylic acids is 1. The maximum atomic E-state index is 12.6. The number of piperidine rings is 1. The number of rotatable bonds is 3. The summed E-state index contributed by atoms with van der Waals surface area (Å²) in [5.74, 6) is 0.172. The minimum Gasteiger partial charge on any atom is -0.398 e. The van der Waals surface area contributed by atoms with E-state index < -0.39 is 6.10 Å². The van der Waals surface area contributed by atoms with Crippen molar-refractivity contribution in [3.63, 3.8) is 0 Å². The van der Waals surface area contributed by atoms with E-state index in [2.05, 4.69) is 0 Å². The Bertz CT molecular complexity index is 664. The highest BCUT2D eigenvalue weighted by Gasteiger charge is 2.29. The molecule has 1 saturated heterocycles. The van der Waals surface area contributed by atoms with Gasteiger partial charge in [0.25, 0.3) is 5.91 Å². The van der Waals surface area contributed by atoms with E-state index in [-0.39, 0.29) is 11.8 Å². The second kappa shape index (κ2) is 6.84. The molecule has 1 unspecified atom stereocenters. The molecule has 1 atom stereocenters. The van der Waals surface area contributed by atoms with Gasteiger partial charge in [-0.05, 0) is 36.5 Å². The van der Waals surface area contributed by atoms with Crippen molar-refractivity contribution in [3.05, 3.63) is 65.7 Å². The number of aliphatic hydroxyl groups excluding tert-OH is 1. The third-order valence-corrected chi connectivity index (χ3v) is 4.61. The molecule has 2 aromatic rings. The van der Waals surface area contributed by atoms with Crippen LogP contribution in [-0.2, 0) is 0 Å². The zero-order valence-electron chi connectivity index (χ0n) is 13.1. The monoisotopic (exact) mass is 310 g/mol. The third-order valence-electron chi connectivity index (χ3n) is 4.61. The van der Waals surface area contributed by atoms with Crippen LogP contribution < -0.4 is 5.73 Å². The first-order valence-electron chi connectivity index (χ1n) is 8.03. The predicted molar refractivity (Wildman–Crippen MR) is 90.9 cm³/mol. The molecule has 4 heteroatoms. The Morgan fingerprint density at radius 2 is 1.65 bits per heavy atom. The number of anilines is 1. The number of nitrogens with two attached hydrogens (primary N) is 1. The zero-order chi connectivity index (χ0) is 16.2. The second-order valence-electron chi connectivity index (χ2n) is 6.07. The maximum absolute atomic E-state index is 12.6. The number of likely N-dealkylation sites (tertiary alicyclic amines) is 1. The van der Waals surface area contributed by atoms with Crippen LogP contribution in [-0.4, -0.2) is 29.0 Å². The minimum absolute atomic E-state index is 0.0178. The lowest BCUT2D eigenvalue weighted by Gasteiger charge is -2.34. The molecule has 0 spiro atoms. The Morgan fingerprint density at radius 1 is 1.04 bits per heavy atom. The van der Waals surface area contributed by atoms with Crippen LogP contribution in [0.4, 0.5) is 5.69 Å². The molecule has 0 aromatic heterocycles. The molecule has 3 N–H and O–H groups in total. The smallest absolute Gasteiger partial charge is 0.255 e. The van der Waals surface area contributed by atoms with Crippen molar-refractivity contribution in [2.24, 2.45) is 5.92 Å². The average Bonchev–Trinajstić information content (AvgIpc) is 2.62. The molecular formula is C19H22N2O2. The number of nitrogen functional groups attached to an aromatic ring is 1. The molecule has 4 nitrogen and oxygen atoms in total. The lowest BCUT2D eigenvalue weighted by molar-refractivity contribution is 0.0463. The maximum Gasteiger partial charge on any atom is 0.255 e. The molecule has 1 aliphatic heterocycles. The van der Waals surface area contributed by atoms with Gasteiger partial charge in [-0.3, -0.25) is 4.79 Å². The first-order valence-corrected chi connectivity index (χ1v) is 8.03. The van der Waals surface area contributed by atoms with Gasteiger partial charge in [0.2, 0.25) is 0 Å². The summed E-state index contributed by atoms with van der Waals surface area (Å²) in [6.45, 7) is 1.31. The molecule has 1 aliphatic rings. The summed E-state index contributed by atoms with van der Waals surface area (Å²) in [4.78, 5) is 14.4. The van der Waals surface area contributed by atoms with E-state index in [1.807, 2.05) is 47.4 Å². The molecule has 120 valence electrons. The predicted octanol–water partition coefficient (Wildman–Crippen LogP) is 2.85. The van der Waals surface area contributed by atoms with E-state index in [1.165, 1.54) is 0 Å². The zero-order valence-corrected chi connectivity index (χ0v) is 13.1. The van der Waals surface area contributed by atoms with Crippen LogP contribution in [0.5, 0.6) is 0 Å². The van der Waals surface area contributed by atoms with Gasteiger partial charge in [0.1, 0.15) is 0 Å². The third kappa shape index (κ3) is 3.37. The lowest BCUT2D eigenvalue weighted by atomic mass is 9.87. The number of benzene rings is 2. The molecule has 3 rings (SSSR count). The van der Waals surface area contributed by atoms with Gasteiger partial charge in [0, 0.05) is 18.8 Å². The molecule has 2 aromatic carbocycles. The summed E-state index contributed by atoms with van der Waals surface area (Å²) in [5.41, 5.74) is 7.92. The van der Waals surface area contributed by atoms with Gasteiger partial charge >= 0.3 is 0 Å². The Balaban J connectivity index is 1.62. The molecule has 1 amide bonds. The van der Waals surface area contributed by atoms with Crippen molar-refractivity contribution in [3.8, 4) is 0 Å². The molecule has 1 fully saturated rings. The van der Waals surface area contributed by atoms with Gasteiger partial charge in [0.05, 0.1) is 11.7 Å². The molecule has 0 aliphatic carbocycles. The summed E-state index contributed by atoms with van der Waals surface area (Å²) in [6.07, 6.45) is 1.14. The molecule has 23 heavy (non-hydrogen) atoms. The minimum atomic E-state index is -0.463. The van der Waals surface area contributed by atoms with Crippen molar-refractivity contribution in [2.75, 3.05) is 18.8 Å². The molecule has 0 radical (unpaired) electrons. The summed E-state index contributed by atoms with van der Waals surface area (Å²) < 4.78 is 0. The topological polar surface area (TPSA) is 66.6 Å². The number of hydrogen-bond acceptors (Lipinski definition) is 3. The highest BCUT2D eigenvalue weighted by molar-refractivity contribution is 5.99. The van der Waals surface area contributed by atoms with Gasteiger partial charge in [-0.2, -0.15) is 0 Å². The second-order valence-corrected chi connectivity index (χ2v) is 6.07. The lowest BCUT2D eigenvalue weighted by Crippen LogP contribution is -2.40. The van der Waals surface area contributed by atoms with Crippen LogP contribution in [0.1, 0.15) is 34.9 Å². The van der Waals surface area contributed by atoms with Crippen molar-refractivity contribution in [1.82, 2.24) is 4.90 Å². The van der Waals surface area contributed by atoms with Gasteiger partial charge in [-0.15, -0.1) is 0 Å². The van der Waals surface area contributed by atoms with E-state index in [0.29, 0.717) is 24.3 Å². The van der Waals surface area contributed by atoms with Gasteiger partial charge in [0.15, 0.2) is 0 Å². The molecule has 1 heterocycles. The van der Waals surface area contributed by atoms with E-state index >= 15 is 0 Å². The first kappa shape index (κ1) is 15.6. The van der Waals surface area contributed by atoms with Crippen LogP contribution in [0.3, 0.4) is 0 Å². The normalized spacial score (nSPS) is 17.0. The summed E-state index contributed by atoms with van der Waals surface area (Å²) in [5, 5.41) is 10.5. The van der Waals surface area contributed by atoms with E-state index in [0.717, 1.165) is 18.4 Å². The van der Waals surface area contributed by atoms with Crippen LogP contribution in [0, 0.1) is 5.92 Å². The fraction of sp³-hybridized carbons (Fsp3) is 0.316. The van der Waals surface area contributed by atoms with Crippen molar-refractivity contribution in [2.45, 2.75) is 18.9 Å².